The van der Waals surface area contributed by atoms with Crippen molar-refractivity contribution in [2.75, 3.05) is 5.32 Å². The van der Waals surface area contributed by atoms with Crippen LogP contribution in [-0.2, 0) is 0 Å². The topological polar surface area (TPSA) is 12.0 Å². The van der Waals surface area contributed by atoms with E-state index in [0.717, 1.165) is 32.1 Å². The van der Waals surface area contributed by atoms with Crippen molar-refractivity contribution in [3.63, 3.8) is 0 Å². The standard InChI is InChI=1S/C15H19F4N/c1-15(2)6-3-4-9(5-7-15)20-14-12(18)10(16)8-11(17)13(14)19/h8-9,20H,3-7H2,1-2H3. The van der Waals surface area contributed by atoms with E-state index in [1.54, 1.807) is 0 Å². The average molecular weight is 289 g/mol. The summed E-state index contributed by atoms with van der Waals surface area (Å²) in [5.41, 5.74) is -0.493. The fraction of sp³-hybridized carbons (Fsp3) is 0.600. The van der Waals surface area contributed by atoms with Gasteiger partial charge in [0, 0.05) is 12.1 Å². The highest BCUT2D eigenvalue weighted by Crippen LogP contribution is 2.35. The lowest BCUT2D eigenvalue weighted by molar-refractivity contribution is 0.313. The molecule has 1 aliphatic rings. The lowest BCUT2D eigenvalue weighted by atomic mass is 9.85. The zero-order valence-corrected chi connectivity index (χ0v) is 11.7. The molecule has 1 aromatic rings. The highest BCUT2D eigenvalue weighted by molar-refractivity contribution is 5.48. The Hall–Kier alpha value is -1.26. The van der Waals surface area contributed by atoms with E-state index >= 15 is 0 Å². The Kier molecular flexibility index (Phi) is 4.25. The van der Waals surface area contributed by atoms with Crippen molar-refractivity contribution in [1.82, 2.24) is 0 Å². The molecule has 1 nitrogen and oxygen atoms in total. The van der Waals surface area contributed by atoms with Crippen LogP contribution >= 0.6 is 0 Å². The Morgan fingerprint density at radius 1 is 1.00 bits per heavy atom. The van der Waals surface area contributed by atoms with Crippen LogP contribution in [0.2, 0.25) is 0 Å². The van der Waals surface area contributed by atoms with E-state index in [1.165, 1.54) is 0 Å². The molecular formula is C15H19F4N. The molecule has 5 heteroatoms. The molecule has 1 aliphatic carbocycles. The predicted octanol–water partition coefficient (Wildman–Crippen LogP) is 5.01. The summed E-state index contributed by atoms with van der Waals surface area (Å²) in [5, 5.41) is 2.65. The van der Waals surface area contributed by atoms with Crippen LogP contribution in [0.3, 0.4) is 0 Å². The van der Waals surface area contributed by atoms with E-state index in [9.17, 15) is 17.6 Å². The number of benzene rings is 1. The van der Waals surface area contributed by atoms with Crippen molar-refractivity contribution >= 4 is 5.69 Å². The van der Waals surface area contributed by atoms with Gasteiger partial charge in [0.2, 0.25) is 0 Å². The molecule has 1 aromatic carbocycles. The minimum absolute atomic E-state index is 0.165. The Morgan fingerprint density at radius 3 is 2.20 bits per heavy atom. The van der Waals surface area contributed by atoms with Gasteiger partial charge in [-0.3, -0.25) is 0 Å². The number of rotatable bonds is 2. The van der Waals surface area contributed by atoms with Crippen molar-refractivity contribution in [2.45, 2.75) is 52.0 Å². The summed E-state index contributed by atoms with van der Waals surface area (Å²) >= 11 is 0. The second-order valence-electron chi connectivity index (χ2n) is 6.28. The molecule has 0 aromatic heterocycles. The Balaban J connectivity index is 2.18. The van der Waals surface area contributed by atoms with Crippen LogP contribution in [0.1, 0.15) is 46.0 Å². The molecule has 20 heavy (non-hydrogen) atoms. The fourth-order valence-corrected chi connectivity index (χ4v) is 2.71. The lowest BCUT2D eigenvalue weighted by Crippen LogP contribution is -2.21. The second-order valence-corrected chi connectivity index (χ2v) is 6.28. The van der Waals surface area contributed by atoms with Gasteiger partial charge in [0.25, 0.3) is 0 Å². The van der Waals surface area contributed by atoms with Crippen LogP contribution in [0.25, 0.3) is 0 Å². The zero-order chi connectivity index (χ0) is 14.9. The summed E-state index contributed by atoms with van der Waals surface area (Å²) in [6.07, 6.45) is 4.33. The van der Waals surface area contributed by atoms with Gasteiger partial charge in [-0.2, -0.15) is 0 Å². The summed E-state index contributed by atoms with van der Waals surface area (Å²) in [7, 11) is 0. The van der Waals surface area contributed by atoms with Gasteiger partial charge in [-0.15, -0.1) is 0 Å². The molecule has 0 radical (unpaired) electrons. The smallest absolute Gasteiger partial charge is 0.185 e. The maximum atomic E-state index is 13.6. The monoisotopic (exact) mass is 289 g/mol. The molecule has 1 atom stereocenters. The maximum absolute atomic E-state index is 13.6. The van der Waals surface area contributed by atoms with Crippen LogP contribution in [0.4, 0.5) is 23.2 Å². The molecule has 0 heterocycles. The third-order valence-corrected chi connectivity index (χ3v) is 4.04. The van der Waals surface area contributed by atoms with Gasteiger partial charge in [-0.25, -0.2) is 17.6 Å². The maximum Gasteiger partial charge on any atom is 0.185 e. The SMILES string of the molecule is CC1(C)CCCC(Nc2c(F)c(F)cc(F)c2F)CC1. The van der Waals surface area contributed by atoms with Crippen molar-refractivity contribution < 1.29 is 17.6 Å². The molecule has 0 bridgehead atoms. The molecule has 0 saturated heterocycles. The van der Waals surface area contributed by atoms with Gasteiger partial charge >= 0.3 is 0 Å². The van der Waals surface area contributed by atoms with Crippen LogP contribution in [0.15, 0.2) is 6.07 Å². The first-order valence-corrected chi connectivity index (χ1v) is 6.90. The quantitative estimate of drug-likeness (QED) is 0.458. The van der Waals surface area contributed by atoms with Crippen LogP contribution in [0, 0.1) is 28.7 Å². The number of halogens is 4. The zero-order valence-electron chi connectivity index (χ0n) is 11.7. The number of nitrogens with one attached hydrogen (secondary N) is 1. The third-order valence-electron chi connectivity index (χ3n) is 4.04. The van der Waals surface area contributed by atoms with E-state index < -0.39 is 29.0 Å². The van der Waals surface area contributed by atoms with Crippen molar-refractivity contribution in [1.29, 1.82) is 0 Å². The first-order valence-electron chi connectivity index (χ1n) is 6.90. The minimum Gasteiger partial charge on any atom is -0.377 e. The molecule has 1 N–H and O–H groups in total. The van der Waals surface area contributed by atoms with E-state index in [0.29, 0.717) is 0 Å². The highest BCUT2D eigenvalue weighted by atomic mass is 19.2. The molecule has 1 saturated carbocycles. The molecule has 112 valence electrons. The first kappa shape index (κ1) is 15.1. The van der Waals surface area contributed by atoms with Gasteiger partial charge < -0.3 is 5.32 Å². The van der Waals surface area contributed by atoms with Gasteiger partial charge in [0.05, 0.1) is 0 Å². The average Bonchev–Trinajstić information content (AvgIpc) is 2.54. The normalized spacial score (nSPS) is 22.4. The summed E-state index contributed by atoms with van der Waals surface area (Å²) in [5.74, 6) is -5.46. The Labute approximate surface area is 116 Å². The lowest BCUT2D eigenvalue weighted by Gasteiger charge is -2.22. The van der Waals surface area contributed by atoms with Crippen LogP contribution in [-0.4, -0.2) is 6.04 Å². The van der Waals surface area contributed by atoms with Gasteiger partial charge in [0.15, 0.2) is 23.3 Å². The van der Waals surface area contributed by atoms with Crippen molar-refractivity contribution in [3.8, 4) is 0 Å². The number of hydrogen-bond donors (Lipinski definition) is 1. The number of hydrogen-bond acceptors (Lipinski definition) is 1. The molecule has 0 spiro atoms. The molecular weight excluding hydrogens is 270 g/mol. The molecule has 1 fully saturated rings. The largest absolute Gasteiger partial charge is 0.377 e. The van der Waals surface area contributed by atoms with E-state index in [1.807, 2.05) is 0 Å². The number of anilines is 1. The summed E-state index contributed by atoms with van der Waals surface area (Å²) < 4.78 is 53.5. The second kappa shape index (κ2) is 5.62. The van der Waals surface area contributed by atoms with E-state index in [2.05, 4.69) is 19.2 Å². The van der Waals surface area contributed by atoms with E-state index in [4.69, 9.17) is 0 Å². The molecule has 0 amide bonds. The van der Waals surface area contributed by atoms with Crippen LogP contribution < -0.4 is 5.32 Å². The molecule has 1 unspecified atom stereocenters. The molecule has 0 aliphatic heterocycles. The highest BCUT2D eigenvalue weighted by Gasteiger charge is 2.26. The fourth-order valence-electron chi connectivity index (χ4n) is 2.71. The van der Waals surface area contributed by atoms with E-state index in [-0.39, 0.29) is 17.5 Å². The minimum atomic E-state index is -1.37. The third kappa shape index (κ3) is 3.25. The van der Waals surface area contributed by atoms with Crippen LogP contribution in [0.5, 0.6) is 0 Å². The predicted molar refractivity (Wildman–Crippen MR) is 70.6 cm³/mol. The summed E-state index contributed by atoms with van der Waals surface area (Å²) in [4.78, 5) is 0. The van der Waals surface area contributed by atoms with Crippen molar-refractivity contribution in [3.05, 3.63) is 29.3 Å². The summed E-state index contributed by atoms with van der Waals surface area (Å²) in [6.45, 7) is 4.30. The Morgan fingerprint density at radius 2 is 1.60 bits per heavy atom. The first-order chi connectivity index (χ1) is 9.30. The van der Waals surface area contributed by atoms with Gasteiger partial charge in [0.1, 0.15) is 5.69 Å². The van der Waals surface area contributed by atoms with Gasteiger partial charge in [-0.1, -0.05) is 20.3 Å². The van der Waals surface area contributed by atoms with Gasteiger partial charge in [-0.05, 0) is 31.1 Å². The Bertz CT molecular complexity index is 473. The molecule has 2 rings (SSSR count). The summed E-state index contributed by atoms with van der Waals surface area (Å²) in [6, 6.07) is 0.0634. The van der Waals surface area contributed by atoms with Crippen molar-refractivity contribution in [2.24, 2.45) is 5.41 Å².